The molecular weight excluding hydrogens is 379 g/mol. The number of amides is 2. The van der Waals surface area contributed by atoms with Crippen LogP contribution in [0.2, 0.25) is 5.02 Å². The summed E-state index contributed by atoms with van der Waals surface area (Å²) in [5, 5.41) is 2.07. The van der Waals surface area contributed by atoms with Gasteiger partial charge in [0.1, 0.15) is 5.70 Å². The number of hydrogen-bond acceptors (Lipinski definition) is 5. The molecule has 2 amide bonds. The highest BCUT2D eigenvalue weighted by Crippen LogP contribution is 2.33. The number of carbonyl (C=O) groups excluding carboxylic acids is 3. The predicted molar refractivity (Wildman–Crippen MR) is 84.6 cm³/mol. The summed E-state index contributed by atoms with van der Waals surface area (Å²) in [4.78, 5) is 34.9. The van der Waals surface area contributed by atoms with Crippen molar-refractivity contribution >= 4 is 35.1 Å². The Morgan fingerprint density at radius 3 is 2.58 bits per heavy atom. The van der Waals surface area contributed by atoms with Crippen LogP contribution in [0.3, 0.4) is 0 Å². The maximum absolute atomic E-state index is 12.7. The van der Waals surface area contributed by atoms with E-state index in [-0.39, 0.29) is 28.7 Å². The molecule has 7 nitrogen and oxygen atoms in total. The van der Waals surface area contributed by atoms with Crippen molar-refractivity contribution in [3.05, 3.63) is 40.6 Å². The predicted octanol–water partition coefficient (Wildman–Crippen LogP) is 2.14. The summed E-state index contributed by atoms with van der Waals surface area (Å²) in [7, 11) is 0. The van der Waals surface area contributed by atoms with Crippen LogP contribution in [0.4, 0.5) is 18.9 Å². The minimum atomic E-state index is -4.61. The van der Waals surface area contributed by atoms with Gasteiger partial charge in [0.05, 0.1) is 16.3 Å². The van der Waals surface area contributed by atoms with E-state index in [1.165, 1.54) is 13.0 Å². The Kier molecular flexibility index (Phi) is 5.76. The first-order chi connectivity index (χ1) is 12.1. The van der Waals surface area contributed by atoms with E-state index in [9.17, 15) is 27.6 Å². The number of ether oxygens (including phenoxy) is 1. The van der Waals surface area contributed by atoms with E-state index in [1.54, 1.807) is 0 Å². The summed E-state index contributed by atoms with van der Waals surface area (Å²) in [5.41, 5.74) is 3.18. The molecule has 0 saturated carbocycles. The lowest BCUT2D eigenvalue weighted by Gasteiger charge is -2.18. The number of alkyl halides is 3. The zero-order chi connectivity index (χ0) is 19.5. The molecule has 1 aromatic carbocycles. The third-order valence-electron chi connectivity index (χ3n) is 3.25. The molecule has 0 unspecified atom stereocenters. The third-order valence-corrected chi connectivity index (χ3v) is 3.58. The van der Waals surface area contributed by atoms with Gasteiger partial charge in [-0.3, -0.25) is 20.4 Å². The lowest BCUT2D eigenvalue weighted by Crippen LogP contribution is -2.43. The molecule has 0 aromatic heterocycles. The van der Waals surface area contributed by atoms with Crippen molar-refractivity contribution in [3.63, 3.8) is 0 Å². The van der Waals surface area contributed by atoms with Crippen LogP contribution in [0, 0.1) is 0 Å². The van der Waals surface area contributed by atoms with Gasteiger partial charge in [-0.2, -0.15) is 13.2 Å². The molecule has 1 heterocycles. The van der Waals surface area contributed by atoms with Crippen molar-refractivity contribution in [1.29, 1.82) is 0 Å². The van der Waals surface area contributed by atoms with Crippen LogP contribution in [0.25, 0.3) is 0 Å². The van der Waals surface area contributed by atoms with Gasteiger partial charge in [0, 0.05) is 6.42 Å². The molecule has 1 aromatic rings. The molecule has 3 N–H and O–H groups in total. The molecule has 1 aliphatic rings. The molecular formula is C15H13ClF3N3O4. The highest BCUT2D eigenvalue weighted by atomic mass is 35.5. The van der Waals surface area contributed by atoms with Crippen LogP contribution < -0.4 is 16.2 Å². The Hall–Kier alpha value is -2.75. The summed E-state index contributed by atoms with van der Waals surface area (Å²) in [6, 6.07) is 2.45. The second-order valence-electron chi connectivity index (χ2n) is 5.22. The number of anilines is 1. The molecule has 0 bridgehead atoms. The number of hydrazine groups is 1. The smallest absolute Gasteiger partial charge is 0.416 e. The van der Waals surface area contributed by atoms with Crippen LogP contribution in [-0.2, 0) is 25.3 Å². The number of benzene rings is 1. The summed E-state index contributed by atoms with van der Waals surface area (Å²) < 4.78 is 43.1. The second-order valence-corrected chi connectivity index (χ2v) is 5.63. The van der Waals surface area contributed by atoms with E-state index in [0.717, 1.165) is 12.1 Å². The molecule has 11 heteroatoms. The summed E-state index contributed by atoms with van der Waals surface area (Å²) in [6.07, 6.45) is -4.70. The number of esters is 1. The van der Waals surface area contributed by atoms with Crippen LogP contribution in [-0.4, -0.2) is 23.9 Å². The van der Waals surface area contributed by atoms with Crippen molar-refractivity contribution < 1.29 is 32.3 Å². The lowest BCUT2D eigenvalue weighted by atomic mass is 10.2. The monoisotopic (exact) mass is 391 g/mol. The first-order valence-corrected chi connectivity index (χ1v) is 7.59. The average molecular weight is 392 g/mol. The van der Waals surface area contributed by atoms with Crippen LogP contribution >= 0.6 is 11.6 Å². The fraction of sp³-hybridized carbons (Fsp3) is 0.267. The highest BCUT2D eigenvalue weighted by molar-refractivity contribution is 6.33. The number of rotatable bonds is 4. The Bertz CT molecular complexity index is 780. The maximum atomic E-state index is 12.7. The van der Waals surface area contributed by atoms with E-state index in [1.807, 2.05) is 0 Å². The van der Waals surface area contributed by atoms with Gasteiger partial charge in [0.15, 0.2) is 6.10 Å². The number of halogens is 4. The van der Waals surface area contributed by atoms with E-state index < -0.39 is 29.7 Å². The Balaban J connectivity index is 2.03. The van der Waals surface area contributed by atoms with E-state index in [2.05, 4.69) is 16.2 Å². The normalized spacial score (nSPS) is 15.3. The van der Waals surface area contributed by atoms with Gasteiger partial charge >= 0.3 is 12.1 Å². The van der Waals surface area contributed by atoms with Crippen LogP contribution in [0.5, 0.6) is 0 Å². The van der Waals surface area contributed by atoms with Gasteiger partial charge in [-0.15, -0.1) is 0 Å². The molecule has 0 aliphatic carbocycles. The van der Waals surface area contributed by atoms with Gasteiger partial charge in [-0.1, -0.05) is 11.6 Å². The minimum Gasteiger partial charge on any atom is -0.448 e. The average Bonchev–Trinajstić information content (AvgIpc) is 2.56. The van der Waals surface area contributed by atoms with Crippen molar-refractivity contribution in [3.8, 4) is 0 Å². The molecule has 140 valence electrons. The van der Waals surface area contributed by atoms with Crippen molar-refractivity contribution in [2.45, 2.75) is 25.6 Å². The van der Waals surface area contributed by atoms with Gasteiger partial charge in [-0.25, -0.2) is 4.79 Å². The molecule has 0 radical (unpaired) electrons. The zero-order valence-corrected chi connectivity index (χ0v) is 14.0. The number of carbonyl (C=O) groups is 3. The fourth-order valence-electron chi connectivity index (χ4n) is 1.88. The Morgan fingerprint density at radius 1 is 1.31 bits per heavy atom. The highest BCUT2D eigenvalue weighted by Gasteiger charge is 2.31. The SMILES string of the molecule is C[C@H](OC(=O)C1=CCC(=O)NN1)C(=O)Nc1cc(C(F)(F)F)ccc1Cl. The Labute approximate surface area is 150 Å². The van der Waals surface area contributed by atoms with Gasteiger partial charge in [0.2, 0.25) is 5.91 Å². The molecule has 26 heavy (non-hydrogen) atoms. The number of nitrogens with one attached hydrogen (secondary N) is 3. The first-order valence-electron chi connectivity index (χ1n) is 7.21. The van der Waals surface area contributed by atoms with Crippen molar-refractivity contribution in [2.24, 2.45) is 0 Å². The standard InChI is InChI=1S/C15H13ClF3N3O4/c1-7(26-14(25)10-4-5-12(23)22-21-10)13(24)20-11-6-8(15(17,18)19)2-3-9(11)16/h2-4,6-7,21H,5H2,1H3,(H,20,24)(H,22,23)/t7-/m0/s1. The second kappa shape index (κ2) is 7.65. The van der Waals surface area contributed by atoms with Crippen molar-refractivity contribution in [2.75, 3.05) is 5.32 Å². The van der Waals surface area contributed by atoms with Gasteiger partial charge in [0.25, 0.3) is 5.91 Å². The van der Waals surface area contributed by atoms with Gasteiger partial charge in [-0.05, 0) is 31.2 Å². The van der Waals surface area contributed by atoms with Crippen LogP contribution in [0.1, 0.15) is 18.9 Å². The summed E-state index contributed by atoms with van der Waals surface area (Å²) >= 11 is 5.79. The largest absolute Gasteiger partial charge is 0.448 e. The van der Waals surface area contributed by atoms with E-state index in [4.69, 9.17) is 16.3 Å². The maximum Gasteiger partial charge on any atom is 0.416 e. The molecule has 1 aliphatic heterocycles. The fourth-order valence-corrected chi connectivity index (χ4v) is 2.04. The quantitative estimate of drug-likeness (QED) is 0.683. The molecule has 2 rings (SSSR count). The minimum absolute atomic E-state index is 0.0438. The molecule has 1 atom stereocenters. The summed E-state index contributed by atoms with van der Waals surface area (Å²) in [5.74, 6) is -2.14. The van der Waals surface area contributed by atoms with E-state index in [0.29, 0.717) is 6.07 Å². The van der Waals surface area contributed by atoms with Crippen molar-refractivity contribution in [1.82, 2.24) is 10.9 Å². The molecule has 0 fully saturated rings. The molecule has 0 spiro atoms. The third kappa shape index (κ3) is 4.88. The Morgan fingerprint density at radius 2 is 2.00 bits per heavy atom. The topological polar surface area (TPSA) is 96.5 Å². The van der Waals surface area contributed by atoms with Gasteiger partial charge < -0.3 is 10.1 Å². The lowest BCUT2D eigenvalue weighted by molar-refractivity contribution is -0.149. The van der Waals surface area contributed by atoms with E-state index >= 15 is 0 Å². The van der Waals surface area contributed by atoms with Crippen LogP contribution in [0.15, 0.2) is 30.0 Å². The number of hydrogen-bond donors (Lipinski definition) is 3. The first kappa shape index (κ1) is 19.6. The zero-order valence-electron chi connectivity index (χ0n) is 13.2. The molecule has 0 saturated heterocycles. The summed E-state index contributed by atoms with van der Waals surface area (Å²) in [6.45, 7) is 1.23.